The summed E-state index contributed by atoms with van der Waals surface area (Å²) in [4.78, 5) is 17.2. The van der Waals surface area contributed by atoms with Crippen molar-refractivity contribution in [2.75, 3.05) is 6.61 Å². The summed E-state index contributed by atoms with van der Waals surface area (Å²) in [5.74, 6) is -0.451. The molecule has 0 N–H and O–H groups in total. The third-order valence-electron chi connectivity index (χ3n) is 3.99. The molecule has 1 aromatic carbocycles. The molecule has 0 saturated carbocycles. The normalized spacial score (nSPS) is 11.6. The molecule has 0 bridgehead atoms. The lowest BCUT2D eigenvalue weighted by Gasteiger charge is -2.07. The number of benzene rings is 1. The fraction of sp³-hybridized carbons (Fsp3) is 0.316. The van der Waals surface area contributed by atoms with Crippen LogP contribution in [-0.2, 0) is 23.9 Å². The lowest BCUT2D eigenvalue weighted by Crippen LogP contribution is -2.05. The first-order valence-electron chi connectivity index (χ1n) is 8.67. The van der Waals surface area contributed by atoms with Gasteiger partial charge in [-0.2, -0.15) is 18.3 Å². The average molecular weight is 409 g/mol. The van der Waals surface area contributed by atoms with Gasteiger partial charge < -0.3 is 4.74 Å². The van der Waals surface area contributed by atoms with Gasteiger partial charge in [0.25, 0.3) is 0 Å². The molecule has 28 heavy (non-hydrogen) atoms. The Balaban J connectivity index is 1.87. The molecular formula is C19H18F3N3O2S. The summed E-state index contributed by atoms with van der Waals surface area (Å²) in [6.45, 7) is 4.27. The Bertz CT molecular complexity index is 979. The van der Waals surface area contributed by atoms with Crippen LogP contribution in [0.3, 0.4) is 0 Å². The van der Waals surface area contributed by atoms with Crippen LogP contribution in [0.4, 0.5) is 13.2 Å². The van der Waals surface area contributed by atoms with E-state index in [1.807, 2.05) is 6.92 Å². The van der Waals surface area contributed by atoms with Crippen molar-refractivity contribution in [1.29, 1.82) is 0 Å². The topological polar surface area (TPSA) is 57.0 Å². The van der Waals surface area contributed by atoms with Gasteiger partial charge in [-0.15, -0.1) is 11.3 Å². The van der Waals surface area contributed by atoms with E-state index in [0.29, 0.717) is 29.1 Å². The van der Waals surface area contributed by atoms with Crippen molar-refractivity contribution >= 4 is 17.3 Å². The minimum absolute atomic E-state index is 0.274. The first-order chi connectivity index (χ1) is 13.3. The number of carbonyl (C=O) groups is 1. The van der Waals surface area contributed by atoms with Crippen LogP contribution in [0.5, 0.6) is 0 Å². The quantitative estimate of drug-likeness (QED) is 0.548. The van der Waals surface area contributed by atoms with Crippen molar-refractivity contribution in [3.63, 3.8) is 0 Å². The average Bonchev–Trinajstić information content (AvgIpc) is 3.29. The van der Waals surface area contributed by atoms with Gasteiger partial charge in [0.1, 0.15) is 5.01 Å². The summed E-state index contributed by atoms with van der Waals surface area (Å²) in [5.41, 5.74) is 0.783. The number of halogens is 3. The molecular weight excluding hydrogens is 391 g/mol. The Morgan fingerprint density at radius 2 is 2.07 bits per heavy atom. The third kappa shape index (κ3) is 4.41. The van der Waals surface area contributed by atoms with E-state index in [0.717, 1.165) is 22.7 Å². The molecule has 5 nitrogen and oxygen atoms in total. The maximum absolute atomic E-state index is 13.0. The Labute approximate surface area is 163 Å². The van der Waals surface area contributed by atoms with E-state index in [2.05, 4.69) is 10.1 Å². The molecule has 0 radical (unpaired) electrons. The van der Waals surface area contributed by atoms with E-state index in [-0.39, 0.29) is 6.61 Å². The van der Waals surface area contributed by atoms with Crippen molar-refractivity contribution in [3.8, 4) is 10.6 Å². The van der Waals surface area contributed by atoms with Crippen LogP contribution >= 0.6 is 11.3 Å². The third-order valence-corrected chi connectivity index (χ3v) is 5.28. The monoisotopic (exact) mass is 409 g/mol. The summed E-state index contributed by atoms with van der Waals surface area (Å²) in [7, 11) is 0. The van der Waals surface area contributed by atoms with Crippen molar-refractivity contribution in [1.82, 2.24) is 14.8 Å². The number of ether oxygens (including phenoxy) is 1. The largest absolute Gasteiger partial charge is 0.462 e. The number of rotatable bonds is 6. The molecule has 0 fully saturated rings. The fourth-order valence-electron chi connectivity index (χ4n) is 2.66. The van der Waals surface area contributed by atoms with Gasteiger partial charge in [-0.1, -0.05) is 19.1 Å². The van der Waals surface area contributed by atoms with Crippen LogP contribution in [0.25, 0.3) is 10.6 Å². The van der Waals surface area contributed by atoms with E-state index in [1.54, 1.807) is 23.9 Å². The molecule has 148 valence electrons. The number of hydrogen-bond acceptors (Lipinski definition) is 5. The smallest absolute Gasteiger partial charge is 0.416 e. The number of thiazole rings is 1. The summed E-state index contributed by atoms with van der Waals surface area (Å²) in [6, 6.07) is 5.14. The second-order valence-corrected chi connectivity index (χ2v) is 7.05. The number of carbonyl (C=O) groups excluding carboxylic acids is 1. The zero-order valence-electron chi connectivity index (χ0n) is 15.3. The Kier molecular flexibility index (Phi) is 5.83. The Hall–Kier alpha value is -2.68. The molecule has 2 aromatic heterocycles. The highest BCUT2D eigenvalue weighted by Crippen LogP contribution is 2.34. The molecule has 2 heterocycles. The van der Waals surface area contributed by atoms with Crippen molar-refractivity contribution in [3.05, 3.63) is 58.4 Å². The predicted octanol–water partition coefficient (Wildman–Crippen LogP) is 4.81. The molecule has 0 atom stereocenters. The predicted molar refractivity (Wildman–Crippen MR) is 99.2 cm³/mol. The molecule has 0 amide bonds. The molecule has 3 rings (SSSR count). The van der Waals surface area contributed by atoms with E-state index < -0.39 is 17.7 Å². The summed E-state index contributed by atoms with van der Waals surface area (Å²) >= 11 is 1.36. The lowest BCUT2D eigenvalue weighted by atomic mass is 10.1. The van der Waals surface area contributed by atoms with Gasteiger partial charge in [0, 0.05) is 16.6 Å². The zero-order chi connectivity index (χ0) is 20.3. The van der Waals surface area contributed by atoms with Crippen LogP contribution in [0.1, 0.15) is 40.3 Å². The van der Waals surface area contributed by atoms with E-state index in [1.165, 1.54) is 23.6 Å². The molecule has 0 aliphatic rings. The van der Waals surface area contributed by atoms with E-state index in [4.69, 9.17) is 4.74 Å². The highest BCUT2D eigenvalue weighted by Gasteiger charge is 2.30. The van der Waals surface area contributed by atoms with Crippen LogP contribution in [0.15, 0.2) is 36.7 Å². The van der Waals surface area contributed by atoms with Crippen molar-refractivity contribution in [2.45, 2.75) is 33.0 Å². The first-order valence-corrected chi connectivity index (χ1v) is 9.49. The molecule has 9 heteroatoms. The summed E-state index contributed by atoms with van der Waals surface area (Å²) in [5, 5.41) is 4.67. The van der Waals surface area contributed by atoms with Gasteiger partial charge in [-0.25, -0.2) is 9.78 Å². The zero-order valence-corrected chi connectivity index (χ0v) is 16.1. The molecule has 0 spiro atoms. The van der Waals surface area contributed by atoms with E-state index in [9.17, 15) is 18.0 Å². The fourth-order valence-corrected chi connectivity index (χ4v) is 3.66. The Morgan fingerprint density at radius 1 is 1.29 bits per heavy atom. The van der Waals surface area contributed by atoms with Crippen molar-refractivity contribution in [2.24, 2.45) is 0 Å². The molecule has 0 aliphatic carbocycles. The number of esters is 1. The number of aromatic nitrogens is 3. The first kappa shape index (κ1) is 20.1. The second-order valence-electron chi connectivity index (χ2n) is 5.97. The highest BCUT2D eigenvalue weighted by molar-refractivity contribution is 7.15. The van der Waals surface area contributed by atoms with Crippen molar-refractivity contribution < 1.29 is 22.7 Å². The maximum atomic E-state index is 13.0. The Morgan fingerprint density at radius 3 is 2.75 bits per heavy atom. The maximum Gasteiger partial charge on any atom is 0.416 e. The molecule has 3 aromatic rings. The molecule has 0 aliphatic heterocycles. The van der Waals surface area contributed by atoms with Gasteiger partial charge in [0.2, 0.25) is 0 Å². The minimum atomic E-state index is -4.40. The molecule has 0 unspecified atom stereocenters. The van der Waals surface area contributed by atoms with Gasteiger partial charge >= 0.3 is 12.1 Å². The number of aryl methyl sites for hydroxylation is 1. The minimum Gasteiger partial charge on any atom is -0.462 e. The van der Waals surface area contributed by atoms with Gasteiger partial charge in [0.05, 0.1) is 36.2 Å². The second kappa shape index (κ2) is 8.14. The standard InChI is InChI=1S/C19H18F3N3O2S/c1-3-16-15(11-25-10-13(9-23-25)18(26)27-4-2)24-17(28-16)12-6-5-7-14(8-12)19(20,21)22/h5-10H,3-4,11H2,1-2H3. The van der Waals surface area contributed by atoms with Gasteiger partial charge in [0.15, 0.2) is 0 Å². The lowest BCUT2D eigenvalue weighted by molar-refractivity contribution is -0.137. The summed E-state index contributed by atoms with van der Waals surface area (Å²) in [6.07, 6.45) is -0.718. The number of nitrogens with zero attached hydrogens (tertiary/aromatic N) is 3. The number of hydrogen-bond donors (Lipinski definition) is 0. The van der Waals surface area contributed by atoms with Gasteiger partial charge in [-0.3, -0.25) is 4.68 Å². The number of alkyl halides is 3. The van der Waals surface area contributed by atoms with Crippen LogP contribution in [-0.4, -0.2) is 27.3 Å². The van der Waals surface area contributed by atoms with Crippen LogP contribution in [0, 0.1) is 0 Å². The van der Waals surface area contributed by atoms with Gasteiger partial charge in [-0.05, 0) is 25.5 Å². The van der Waals surface area contributed by atoms with Crippen LogP contribution in [0.2, 0.25) is 0 Å². The van der Waals surface area contributed by atoms with Crippen LogP contribution < -0.4 is 0 Å². The summed E-state index contributed by atoms with van der Waals surface area (Å²) < 4.78 is 45.4. The highest BCUT2D eigenvalue weighted by atomic mass is 32.1. The SMILES string of the molecule is CCOC(=O)c1cnn(Cc2nc(-c3cccc(C(F)(F)F)c3)sc2CC)c1. The molecule has 0 saturated heterocycles. The van der Waals surface area contributed by atoms with E-state index >= 15 is 0 Å².